The summed E-state index contributed by atoms with van der Waals surface area (Å²) in [7, 11) is 0. The number of aryl methyl sites for hydroxylation is 1. The van der Waals surface area contributed by atoms with E-state index in [-0.39, 0.29) is 24.2 Å². The normalized spacial score (nSPS) is 11.8. The van der Waals surface area contributed by atoms with Crippen LogP contribution in [-0.2, 0) is 15.9 Å². The van der Waals surface area contributed by atoms with Gasteiger partial charge in [-0.2, -0.15) is 0 Å². The number of benzene rings is 1. The maximum Gasteiger partial charge on any atom is 0.280 e. The summed E-state index contributed by atoms with van der Waals surface area (Å²) < 4.78 is 61.5. The number of ether oxygens (including phenoxy) is 2. The molecular weight excluding hydrogens is 424 g/mol. The predicted octanol–water partition coefficient (Wildman–Crippen LogP) is 7.82. The molecule has 7 heteroatoms. The van der Waals surface area contributed by atoms with Gasteiger partial charge in [-0.05, 0) is 52.2 Å². The fourth-order valence-corrected chi connectivity index (χ4v) is 3.26. The van der Waals surface area contributed by atoms with Crippen molar-refractivity contribution in [1.82, 2.24) is 0 Å². The van der Waals surface area contributed by atoms with Crippen LogP contribution in [0.3, 0.4) is 0 Å². The quantitative estimate of drug-likeness (QED) is 0.0999. The summed E-state index contributed by atoms with van der Waals surface area (Å²) in [5, 5.41) is 10.3. The zero-order valence-electron chi connectivity index (χ0n) is 20.6. The van der Waals surface area contributed by atoms with Gasteiger partial charge in [0.25, 0.3) is 5.97 Å². The van der Waals surface area contributed by atoms with Crippen LogP contribution in [0.15, 0.2) is 6.07 Å². The highest BCUT2D eigenvalue weighted by molar-refractivity contribution is 5.21. The minimum absolute atomic E-state index is 0.0340. The standard InChI is InChI=1S/C16H34O3.C9H8F4/c1-6-7-8-9-10-11-12-13-16(17,18-14(2)3)19-15(4)5;1-2-3-5-4-6(10)8(12)9(13)7(5)11/h14-15,17H,6-13H2,1-5H3;4H,2-3H2,1H3. The monoisotopic (exact) mass is 466 g/mol. The molecule has 0 aliphatic carbocycles. The lowest BCUT2D eigenvalue weighted by atomic mass is 10.1. The molecule has 0 aromatic heterocycles. The summed E-state index contributed by atoms with van der Waals surface area (Å²) >= 11 is 0. The van der Waals surface area contributed by atoms with Crippen LogP contribution in [0.1, 0.15) is 105 Å². The van der Waals surface area contributed by atoms with Crippen LogP contribution >= 0.6 is 0 Å². The fraction of sp³-hybridized carbons (Fsp3) is 0.760. The Hall–Kier alpha value is -1.18. The molecule has 0 fully saturated rings. The molecule has 188 valence electrons. The molecule has 32 heavy (non-hydrogen) atoms. The summed E-state index contributed by atoms with van der Waals surface area (Å²) in [6, 6.07) is 0.692. The van der Waals surface area contributed by atoms with Gasteiger partial charge < -0.3 is 14.6 Å². The first-order chi connectivity index (χ1) is 15.0. The highest BCUT2D eigenvalue weighted by Crippen LogP contribution is 2.23. The second-order valence-electron chi connectivity index (χ2n) is 8.63. The van der Waals surface area contributed by atoms with Crippen LogP contribution in [0.25, 0.3) is 0 Å². The lowest BCUT2D eigenvalue weighted by Gasteiger charge is -2.31. The van der Waals surface area contributed by atoms with E-state index >= 15 is 0 Å². The lowest BCUT2D eigenvalue weighted by molar-refractivity contribution is -0.384. The van der Waals surface area contributed by atoms with Crippen LogP contribution in [0.4, 0.5) is 17.6 Å². The third kappa shape index (κ3) is 12.8. The topological polar surface area (TPSA) is 38.7 Å². The highest BCUT2D eigenvalue weighted by Gasteiger charge is 2.31. The Morgan fingerprint density at radius 2 is 1.25 bits per heavy atom. The van der Waals surface area contributed by atoms with Crippen LogP contribution in [0.2, 0.25) is 0 Å². The number of unbranched alkanes of at least 4 members (excludes halogenated alkanes) is 6. The van der Waals surface area contributed by atoms with Crippen molar-refractivity contribution in [3.63, 3.8) is 0 Å². The molecule has 0 amide bonds. The van der Waals surface area contributed by atoms with E-state index in [0.717, 1.165) is 12.8 Å². The molecule has 0 saturated heterocycles. The van der Waals surface area contributed by atoms with E-state index in [4.69, 9.17) is 9.47 Å². The van der Waals surface area contributed by atoms with Crippen molar-refractivity contribution in [2.75, 3.05) is 0 Å². The van der Waals surface area contributed by atoms with Gasteiger partial charge in [0.15, 0.2) is 23.3 Å². The second-order valence-corrected chi connectivity index (χ2v) is 8.63. The highest BCUT2D eigenvalue weighted by atomic mass is 19.2. The van der Waals surface area contributed by atoms with Crippen molar-refractivity contribution in [3.05, 3.63) is 34.9 Å². The van der Waals surface area contributed by atoms with E-state index in [2.05, 4.69) is 6.92 Å². The van der Waals surface area contributed by atoms with E-state index < -0.39 is 29.2 Å². The number of halogens is 4. The summed E-state index contributed by atoms with van der Waals surface area (Å²) in [6.07, 6.45) is 9.77. The first-order valence-electron chi connectivity index (χ1n) is 11.9. The molecule has 0 saturated carbocycles. The van der Waals surface area contributed by atoms with Crippen molar-refractivity contribution in [2.24, 2.45) is 0 Å². The van der Waals surface area contributed by atoms with Gasteiger partial charge in [0, 0.05) is 6.42 Å². The van der Waals surface area contributed by atoms with Crippen LogP contribution in [-0.4, -0.2) is 23.3 Å². The molecule has 0 atom stereocenters. The Morgan fingerprint density at radius 3 is 1.72 bits per heavy atom. The Balaban J connectivity index is 0.000000641. The molecule has 1 aromatic rings. The number of hydrogen-bond acceptors (Lipinski definition) is 3. The molecule has 3 nitrogen and oxygen atoms in total. The molecule has 1 rings (SSSR count). The third-order valence-electron chi connectivity index (χ3n) is 4.63. The third-order valence-corrected chi connectivity index (χ3v) is 4.63. The van der Waals surface area contributed by atoms with Gasteiger partial charge in [0.05, 0.1) is 12.2 Å². The fourth-order valence-electron chi connectivity index (χ4n) is 3.26. The zero-order chi connectivity index (χ0) is 24.7. The maximum absolute atomic E-state index is 12.8. The smallest absolute Gasteiger partial charge is 0.280 e. The van der Waals surface area contributed by atoms with Crippen molar-refractivity contribution in [2.45, 2.75) is 124 Å². The number of hydrogen-bond donors (Lipinski definition) is 1. The minimum atomic E-state index is -1.75. The van der Waals surface area contributed by atoms with E-state index in [1.807, 2.05) is 27.7 Å². The Labute approximate surface area is 191 Å². The van der Waals surface area contributed by atoms with Crippen molar-refractivity contribution < 1.29 is 32.1 Å². The first-order valence-corrected chi connectivity index (χ1v) is 11.9. The molecule has 0 unspecified atom stereocenters. The van der Waals surface area contributed by atoms with Gasteiger partial charge in [-0.25, -0.2) is 17.6 Å². The van der Waals surface area contributed by atoms with Crippen molar-refractivity contribution in [3.8, 4) is 0 Å². The maximum atomic E-state index is 12.8. The summed E-state index contributed by atoms with van der Waals surface area (Å²) in [5.74, 6) is -7.53. The van der Waals surface area contributed by atoms with E-state index in [0.29, 0.717) is 18.9 Å². The van der Waals surface area contributed by atoms with Gasteiger partial charge in [0.1, 0.15) is 0 Å². The van der Waals surface area contributed by atoms with Gasteiger partial charge in [-0.15, -0.1) is 0 Å². The summed E-state index contributed by atoms with van der Waals surface area (Å²) in [6.45, 7) is 11.6. The van der Waals surface area contributed by atoms with E-state index in [1.54, 1.807) is 6.92 Å². The predicted molar refractivity (Wildman–Crippen MR) is 120 cm³/mol. The van der Waals surface area contributed by atoms with Crippen molar-refractivity contribution in [1.29, 1.82) is 0 Å². The number of rotatable bonds is 14. The molecule has 0 aliphatic rings. The molecule has 1 aromatic carbocycles. The average molecular weight is 467 g/mol. The van der Waals surface area contributed by atoms with Crippen LogP contribution in [0.5, 0.6) is 0 Å². The second kappa shape index (κ2) is 16.4. The van der Waals surface area contributed by atoms with Gasteiger partial charge in [0.2, 0.25) is 0 Å². The van der Waals surface area contributed by atoms with E-state index in [1.165, 1.54) is 32.1 Å². The van der Waals surface area contributed by atoms with E-state index in [9.17, 15) is 22.7 Å². The first kappa shape index (κ1) is 30.8. The molecule has 0 heterocycles. The van der Waals surface area contributed by atoms with Gasteiger partial charge in [-0.1, -0.05) is 58.8 Å². The lowest BCUT2D eigenvalue weighted by Crippen LogP contribution is -2.40. The van der Waals surface area contributed by atoms with Crippen LogP contribution < -0.4 is 0 Å². The Morgan fingerprint density at radius 1 is 0.750 bits per heavy atom. The minimum Gasteiger partial charge on any atom is -0.343 e. The molecule has 0 aliphatic heterocycles. The number of aliphatic hydroxyl groups is 1. The molecule has 0 bridgehead atoms. The molecule has 1 N–H and O–H groups in total. The largest absolute Gasteiger partial charge is 0.343 e. The molecule has 0 spiro atoms. The van der Waals surface area contributed by atoms with Gasteiger partial charge >= 0.3 is 0 Å². The van der Waals surface area contributed by atoms with Crippen LogP contribution in [0, 0.1) is 23.3 Å². The SMILES string of the molecule is CCCCCCCCCC(O)(OC(C)C)OC(C)C.CCCc1cc(F)c(F)c(F)c1F. The summed E-state index contributed by atoms with van der Waals surface area (Å²) in [5.41, 5.74) is -0.126. The Bertz CT molecular complexity index is 626. The summed E-state index contributed by atoms with van der Waals surface area (Å²) in [4.78, 5) is 0. The van der Waals surface area contributed by atoms with Crippen molar-refractivity contribution >= 4 is 0 Å². The molecular formula is C25H42F4O3. The Kier molecular flexibility index (Phi) is 15.8. The molecule has 0 radical (unpaired) electrons. The zero-order valence-corrected chi connectivity index (χ0v) is 20.6. The van der Waals surface area contributed by atoms with Gasteiger partial charge in [-0.3, -0.25) is 0 Å². The average Bonchev–Trinajstić information content (AvgIpc) is 2.69.